The van der Waals surface area contributed by atoms with Crippen LogP contribution in [0.4, 0.5) is 4.39 Å². The van der Waals surface area contributed by atoms with Crippen molar-refractivity contribution in [2.45, 2.75) is 64.0 Å². The normalized spacial score (nSPS) is 21.3. The summed E-state index contributed by atoms with van der Waals surface area (Å²) in [5.74, 6) is -1.54. The summed E-state index contributed by atoms with van der Waals surface area (Å²) in [5.41, 5.74) is 1.20. The number of amides is 1. The fourth-order valence-electron chi connectivity index (χ4n) is 6.05. The maximum absolute atomic E-state index is 13.7. The standard InChI is InChI=1S/C30H38FN5O5/c1-30(2,40)21-10-12-35(13-11-21)14-15-41-26-17-25-24(18-32-26)33-29(34-27(37)20-4-3-5-22(31)16-20)36(25)23-8-6-19(7-9-23)28(38)39/h3-5,16-19,21,23,40H,6-15H2,1-2H3,(H,38,39)(H,33,34,37)/t19-,23+. The Kier molecular flexibility index (Phi) is 8.55. The molecule has 1 aliphatic carbocycles. The number of pyridine rings is 1. The molecule has 10 nitrogen and oxygen atoms in total. The number of aromatic nitrogens is 3. The summed E-state index contributed by atoms with van der Waals surface area (Å²) in [6.45, 7) is 6.76. The number of halogens is 1. The van der Waals surface area contributed by atoms with Gasteiger partial charge in [-0.2, -0.15) is 4.99 Å². The minimum atomic E-state index is -0.789. The van der Waals surface area contributed by atoms with Gasteiger partial charge in [-0.05, 0) is 89.6 Å². The number of H-pyrrole nitrogens is 1. The van der Waals surface area contributed by atoms with E-state index in [0.717, 1.165) is 44.1 Å². The number of aromatic amines is 1. The monoisotopic (exact) mass is 567 g/mol. The highest BCUT2D eigenvalue weighted by molar-refractivity contribution is 5.95. The molecular weight excluding hydrogens is 529 g/mol. The van der Waals surface area contributed by atoms with Crippen molar-refractivity contribution in [3.8, 4) is 5.88 Å². The molecule has 2 aliphatic rings. The lowest BCUT2D eigenvalue weighted by atomic mass is 9.83. The van der Waals surface area contributed by atoms with E-state index in [0.29, 0.717) is 55.2 Å². The second-order valence-corrected chi connectivity index (χ2v) is 11.7. The van der Waals surface area contributed by atoms with E-state index in [-0.39, 0.29) is 17.5 Å². The lowest BCUT2D eigenvalue weighted by molar-refractivity contribution is -0.143. The average molecular weight is 568 g/mol. The summed E-state index contributed by atoms with van der Waals surface area (Å²) < 4.78 is 21.7. The summed E-state index contributed by atoms with van der Waals surface area (Å²) in [7, 11) is 0. The van der Waals surface area contributed by atoms with Gasteiger partial charge in [0.05, 0.1) is 28.7 Å². The molecule has 1 aliphatic heterocycles. The first kappa shape index (κ1) is 28.9. The number of ether oxygens (including phenoxy) is 1. The van der Waals surface area contributed by atoms with Gasteiger partial charge < -0.3 is 24.5 Å². The number of rotatable bonds is 8. The Morgan fingerprint density at radius 1 is 1.15 bits per heavy atom. The van der Waals surface area contributed by atoms with Gasteiger partial charge in [0.2, 0.25) is 11.5 Å². The van der Waals surface area contributed by atoms with Crippen molar-refractivity contribution in [3.05, 3.63) is 53.5 Å². The molecule has 0 radical (unpaired) electrons. The van der Waals surface area contributed by atoms with Crippen LogP contribution in [-0.4, -0.2) is 73.4 Å². The lowest BCUT2D eigenvalue weighted by Gasteiger charge is -2.37. The summed E-state index contributed by atoms with van der Waals surface area (Å²) in [6, 6.07) is 7.14. The molecule has 41 heavy (non-hydrogen) atoms. The third-order valence-corrected chi connectivity index (χ3v) is 8.53. The number of benzene rings is 1. The largest absolute Gasteiger partial charge is 0.481 e. The highest BCUT2D eigenvalue weighted by atomic mass is 19.1. The van der Waals surface area contributed by atoms with Crippen molar-refractivity contribution in [2.24, 2.45) is 16.8 Å². The van der Waals surface area contributed by atoms with Gasteiger partial charge in [0.1, 0.15) is 12.4 Å². The van der Waals surface area contributed by atoms with Crippen molar-refractivity contribution in [1.29, 1.82) is 0 Å². The van der Waals surface area contributed by atoms with Crippen LogP contribution in [0, 0.1) is 17.7 Å². The molecule has 1 aromatic carbocycles. The van der Waals surface area contributed by atoms with Crippen LogP contribution in [0.3, 0.4) is 0 Å². The number of fused-ring (bicyclic) bond motifs is 1. The first-order valence-electron chi connectivity index (χ1n) is 14.3. The first-order valence-corrected chi connectivity index (χ1v) is 14.3. The summed E-state index contributed by atoms with van der Waals surface area (Å²) in [4.78, 5) is 38.7. The molecule has 1 saturated heterocycles. The number of carbonyl (C=O) groups excluding carboxylic acids is 1. The van der Waals surface area contributed by atoms with Gasteiger partial charge in [-0.3, -0.25) is 14.5 Å². The van der Waals surface area contributed by atoms with Gasteiger partial charge in [-0.15, -0.1) is 0 Å². The minimum absolute atomic E-state index is 0.0780. The second-order valence-electron chi connectivity index (χ2n) is 11.7. The number of carboxylic acids is 1. The smallest absolute Gasteiger partial charge is 0.306 e. The average Bonchev–Trinajstić information content (AvgIpc) is 3.30. The third kappa shape index (κ3) is 6.84. The molecular formula is C30H38FN5O5. The number of hydrogen-bond donors (Lipinski definition) is 3. The van der Waals surface area contributed by atoms with Crippen LogP contribution >= 0.6 is 0 Å². The second kappa shape index (κ2) is 12.1. The highest BCUT2D eigenvalue weighted by Gasteiger charge is 2.31. The van der Waals surface area contributed by atoms with E-state index in [1.54, 1.807) is 6.20 Å². The van der Waals surface area contributed by atoms with Crippen molar-refractivity contribution in [2.75, 3.05) is 26.2 Å². The molecule has 11 heteroatoms. The van der Waals surface area contributed by atoms with Crippen LogP contribution in [-0.2, 0) is 4.79 Å². The van der Waals surface area contributed by atoms with E-state index in [9.17, 15) is 24.2 Å². The number of likely N-dealkylation sites (tertiary alicyclic amines) is 1. The summed E-state index contributed by atoms with van der Waals surface area (Å²) >= 11 is 0. The molecule has 0 atom stereocenters. The number of aliphatic carboxylic acids is 1. The number of imidazole rings is 1. The van der Waals surface area contributed by atoms with E-state index in [2.05, 4.69) is 19.9 Å². The van der Waals surface area contributed by atoms with E-state index in [4.69, 9.17) is 4.74 Å². The van der Waals surface area contributed by atoms with Gasteiger partial charge in [-0.25, -0.2) is 9.37 Å². The number of piperidine rings is 1. The third-order valence-electron chi connectivity index (χ3n) is 8.53. The molecule has 0 bridgehead atoms. The number of hydrogen-bond acceptors (Lipinski definition) is 6. The zero-order chi connectivity index (χ0) is 29.1. The van der Waals surface area contributed by atoms with Crippen LogP contribution in [0.15, 0.2) is 41.5 Å². The van der Waals surface area contributed by atoms with E-state index in [1.807, 2.05) is 24.5 Å². The fourth-order valence-corrected chi connectivity index (χ4v) is 6.05. The highest BCUT2D eigenvalue weighted by Crippen LogP contribution is 2.34. The Balaban J connectivity index is 1.36. The Morgan fingerprint density at radius 2 is 1.88 bits per heavy atom. The maximum Gasteiger partial charge on any atom is 0.306 e. The van der Waals surface area contributed by atoms with Crippen molar-refractivity contribution < 1.29 is 28.9 Å². The number of nitrogens with zero attached hydrogens (tertiary/aromatic N) is 4. The molecule has 2 aromatic heterocycles. The predicted octanol–water partition coefficient (Wildman–Crippen LogP) is 3.92. The van der Waals surface area contributed by atoms with E-state index in [1.165, 1.54) is 18.2 Å². The molecule has 2 fully saturated rings. The molecule has 1 saturated carbocycles. The summed E-state index contributed by atoms with van der Waals surface area (Å²) in [5, 5.41) is 19.8. The minimum Gasteiger partial charge on any atom is -0.481 e. The van der Waals surface area contributed by atoms with E-state index >= 15 is 0 Å². The molecule has 0 unspecified atom stereocenters. The topological polar surface area (TPSA) is 133 Å². The van der Waals surface area contributed by atoms with Crippen molar-refractivity contribution in [1.82, 2.24) is 19.4 Å². The Bertz CT molecular complexity index is 1460. The lowest BCUT2D eigenvalue weighted by Crippen LogP contribution is -2.43. The van der Waals surface area contributed by atoms with Crippen LogP contribution in [0.25, 0.3) is 11.0 Å². The molecule has 3 heterocycles. The molecule has 1 amide bonds. The number of aliphatic hydroxyl groups is 1. The number of nitrogens with one attached hydrogen (secondary N) is 1. The van der Waals surface area contributed by atoms with Crippen LogP contribution in [0.2, 0.25) is 0 Å². The van der Waals surface area contributed by atoms with Gasteiger partial charge >= 0.3 is 5.97 Å². The van der Waals surface area contributed by atoms with Crippen LogP contribution in [0.5, 0.6) is 5.88 Å². The zero-order valence-corrected chi connectivity index (χ0v) is 23.6. The van der Waals surface area contributed by atoms with Gasteiger partial charge in [0.25, 0.3) is 5.91 Å². The van der Waals surface area contributed by atoms with Crippen molar-refractivity contribution in [3.63, 3.8) is 0 Å². The molecule has 0 spiro atoms. The first-order chi connectivity index (χ1) is 19.6. The SMILES string of the molecule is CC(C)(O)C1CCN(CCOc2cc3c(cn2)[nH]/c(=N\C(=O)c2cccc(F)c2)n3[C@H]2CC[C@@H](C(=O)O)CC2)CC1. The number of carboxylic acid groups (broad SMARTS) is 1. The fraction of sp³-hybridized carbons (Fsp3) is 0.533. The molecule has 220 valence electrons. The Morgan fingerprint density at radius 3 is 2.54 bits per heavy atom. The van der Waals surface area contributed by atoms with E-state index < -0.39 is 23.3 Å². The van der Waals surface area contributed by atoms with Crippen LogP contribution < -0.4 is 10.4 Å². The molecule has 5 rings (SSSR count). The van der Waals surface area contributed by atoms with Gasteiger partial charge in [-0.1, -0.05) is 6.07 Å². The summed E-state index contributed by atoms with van der Waals surface area (Å²) in [6.07, 6.45) is 5.81. The Hall–Kier alpha value is -3.57. The zero-order valence-electron chi connectivity index (χ0n) is 23.6. The Labute approximate surface area is 237 Å². The van der Waals surface area contributed by atoms with Crippen LogP contribution in [0.1, 0.15) is 68.8 Å². The molecule has 3 aromatic rings. The molecule has 3 N–H and O–H groups in total. The predicted molar refractivity (Wildman–Crippen MR) is 150 cm³/mol. The van der Waals surface area contributed by atoms with Gasteiger partial charge in [0.15, 0.2) is 0 Å². The van der Waals surface area contributed by atoms with Crippen molar-refractivity contribution >= 4 is 22.9 Å². The van der Waals surface area contributed by atoms with Gasteiger partial charge in [0, 0.05) is 24.2 Å². The maximum atomic E-state index is 13.7. The quantitative estimate of drug-likeness (QED) is 0.376. The number of carbonyl (C=O) groups is 2.